The van der Waals surface area contributed by atoms with E-state index in [2.05, 4.69) is 5.32 Å². The molecule has 3 nitrogen and oxygen atoms in total. The molecule has 0 heterocycles. The van der Waals surface area contributed by atoms with Gasteiger partial charge < -0.3 is 10.4 Å². The monoisotopic (exact) mass is 281 g/mol. The van der Waals surface area contributed by atoms with Crippen molar-refractivity contribution in [2.24, 2.45) is 5.92 Å². The molecule has 104 valence electrons. The van der Waals surface area contributed by atoms with Gasteiger partial charge in [-0.15, -0.1) is 0 Å². The van der Waals surface area contributed by atoms with Gasteiger partial charge in [0, 0.05) is 17.1 Å². The lowest BCUT2D eigenvalue weighted by molar-refractivity contribution is 0.0874. The number of aliphatic hydroxyl groups is 1. The molecule has 2 N–H and O–H groups in total. The van der Waals surface area contributed by atoms with E-state index in [1.165, 1.54) is 0 Å². The van der Waals surface area contributed by atoms with Crippen molar-refractivity contribution < 1.29 is 9.90 Å². The first-order valence-corrected chi connectivity index (χ1v) is 7.16. The van der Waals surface area contributed by atoms with Crippen LogP contribution in [0.1, 0.15) is 41.6 Å². The van der Waals surface area contributed by atoms with Gasteiger partial charge in [-0.25, -0.2) is 0 Å². The number of hydrogen-bond acceptors (Lipinski definition) is 2. The number of nitrogens with one attached hydrogen (secondary N) is 1. The molecule has 1 aromatic carbocycles. The molecule has 1 aromatic rings. The van der Waals surface area contributed by atoms with Gasteiger partial charge in [0.1, 0.15) is 0 Å². The number of benzene rings is 1. The Kier molecular flexibility index (Phi) is 4.83. The lowest BCUT2D eigenvalue weighted by Crippen LogP contribution is -2.33. The third kappa shape index (κ3) is 4.22. The first kappa shape index (κ1) is 14.4. The Hall–Kier alpha value is -1.06. The maximum absolute atomic E-state index is 12.0. The number of hydrogen-bond donors (Lipinski definition) is 2. The molecule has 0 bridgehead atoms. The molecular formula is C15H20ClNO2. The van der Waals surface area contributed by atoms with Crippen molar-refractivity contribution in [3.8, 4) is 0 Å². The minimum absolute atomic E-state index is 0.0920. The Morgan fingerprint density at radius 1 is 1.42 bits per heavy atom. The summed E-state index contributed by atoms with van der Waals surface area (Å²) >= 11 is 5.95. The molecule has 1 fully saturated rings. The minimum Gasteiger partial charge on any atom is -0.393 e. The van der Waals surface area contributed by atoms with Crippen molar-refractivity contribution in [1.82, 2.24) is 5.32 Å². The maximum Gasteiger partial charge on any atom is 0.251 e. The van der Waals surface area contributed by atoms with Crippen molar-refractivity contribution in [3.63, 3.8) is 0 Å². The van der Waals surface area contributed by atoms with Gasteiger partial charge in [-0.05, 0) is 55.9 Å². The molecule has 0 aromatic heterocycles. The van der Waals surface area contributed by atoms with Crippen molar-refractivity contribution in [2.45, 2.75) is 38.7 Å². The predicted octanol–water partition coefficient (Wildman–Crippen LogP) is 2.93. The highest BCUT2D eigenvalue weighted by molar-refractivity contribution is 6.31. The van der Waals surface area contributed by atoms with Crippen molar-refractivity contribution in [3.05, 3.63) is 34.3 Å². The fraction of sp³-hybridized carbons (Fsp3) is 0.533. The largest absolute Gasteiger partial charge is 0.393 e. The van der Waals surface area contributed by atoms with Crippen LogP contribution in [0, 0.1) is 12.8 Å². The number of rotatable bonds is 3. The third-order valence-corrected chi connectivity index (χ3v) is 3.83. The fourth-order valence-corrected chi connectivity index (χ4v) is 2.94. The van der Waals surface area contributed by atoms with E-state index in [-0.39, 0.29) is 12.0 Å². The van der Waals surface area contributed by atoms with Crippen molar-refractivity contribution in [2.75, 3.05) is 6.54 Å². The molecular weight excluding hydrogens is 262 g/mol. The van der Waals surface area contributed by atoms with Gasteiger partial charge >= 0.3 is 0 Å². The van der Waals surface area contributed by atoms with E-state index in [0.29, 0.717) is 23.0 Å². The zero-order valence-corrected chi connectivity index (χ0v) is 11.9. The zero-order chi connectivity index (χ0) is 13.8. The summed E-state index contributed by atoms with van der Waals surface area (Å²) in [5.74, 6) is 0.290. The van der Waals surface area contributed by atoms with Crippen molar-refractivity contribution >= 4 is 17.5 Å². The van der Waals surface area contributed by atoms with Gasteiger partial charge in [0.05, 0.1) is 6.10 Å². The highest BCUT2D eigenvalue weighted by Gasteiger charge is 2.20. The summed E-state index contributed by atoms with van der Waals surface area (Å²) in [6.07, 6.45) is 3.58. The Balaban J connectivity index is 1.90. The number of carbonyl (C=O) groups is 1. The number of aliphatic hydroxyl groups excluding tert-OH is 1. The Morgan fingerprint density at radius 3 is 2.89 bits per heavy atom. The zero-order valence-electron chi connectivity index (χ0n) is 11.2. The Bertz CT molecular complexity index is 441. The predicted molar refractivity (Wildman–Crippen MR) is 76.5 cm³/mol. The van der Waals surface area contributed by atoms with E-state index in [0.717, 1.165) is 31.2 Å². The van der Waals surface area contributed by atoms with Gasteiger partial charge in [0.15, 0.2) is 0 Å². The summed E-state index contributed by atoms with van der Waals surface area (Å²) < 4.78 is 0. The lowest BCUT2D eigenvalue weighted by Gasteiger charge is -2.25. The molecule has 0 saturated heterocycles. The molecule has 4 heteroatoms. The van der Waals surface area contributed by atoms with Crippen LogP contribution in [0.15, 0.2) is 18.2 Å². The second kappa shape index (κ2) is 6.40. The summed E-state index contributed by atoms with van der Waals surface area (Å²) in [5, 5.41) is 13.1. The molecule has 19 heavy (non-hydrogen) atoms. The molecule has 2 rings (SSSR count). The van der Waals surface area contributed by atoms with Crippen LogP contribution in [-0.2, 0) is 0 Å². The number of carbonyl (C=O) groups excluding carboxylic acids is 1. The summed E-state index contributed by atoms with van der Waals surface area (Å²) in [6.45, 7) is 2.54. The van der Waals surface area contributed by atoms with Gasteiger partial charge in [0.2, 0.25) is 0 Å². The molecule has 1 aliphatic rings. The van der Waals surface area contributed by atoms with Crippen LogP contribution in [-0.4, -0.2) is 23.7 Å². The molecule has 1 amide bonds. The summed E-state index contributed by atoms with van der Waals surface area (Å²) in [5.41, 5.74) is 1.58. The highest BCUT2D eigenvalue weighted by Crippen LogP contribution is 2.23. The Labute approximate surface area is 119 Å². The van der Waals surface area contributed by atoms with Crippen LogP contribution >= 0.6 is 11.6 Å². The van der Waals surface area contributed by atoms with Crippen LogP contribution in [0.4, 0.5) is 0 Å². The molecule has 0 radical (unpaired) electrons. The van der Waals surface area contributed by atoms with Crippen LogP contribution in [0.2, 0.25) is 5.02 Å². The normalized spacial score (nSPS) is 23.1. The number of halogens is 1. The quantitative estimate of drug-likeness (QED) is 0.895. The van der Waals surface area contributed by atoms with Gasteiger partial charge in [-0.3, -0.25) is 4.79 Å². The number of amides is 1. The molecule has 0 spiro atoms. The first-order valence-electron chi connectivity index (χ1n) is 6.78. The second-order valence-electron chi connectivity index (χ2n) is 5.41. The lowest BCUT2D eigenvalue weighted by atomic mass is 9.87. The van der Waals surface area contributed by atoms with E-state index in [1.54, 1.807) is 6.07 Å². The molecule has 1 saturated carbocycles. The van der Waals surface area contributed by atoms with E-state index in [9.17, 15) is 9.90 Å². The third-order valence-electron chi connectivity index (χ3n) is 3.61. The topological polar surface area (TPSA) is 49.3 Å². The SMILES string of the molecule is Cc1cc(Cl)cc(C(=O)NCC2CCCC(O)C2)c1. The van der Waals surface area contributed by atoms with E-state index in [1.807, 2.05) is 19.1 Å². The average molecular weight is 282 g/mol. The van der Waals surface area contributed by atoms with Gasteiger partial charge in [0.25, 0.3) is 5.91 Å². The summed E-state index contributed by atoms with van der Waals surface area (Å²) in [6, 6.07) is 5.34. The number of aryl methyl sites for hydroxylation is 1. The maximum atomic E-state index is 12.0. The molecule has 1 aliphatic carbocycles. The Morgan fingerprint density at radius 2 is 2.21 bits per heavy atom. The van der Waals surface area contributed by atoms with Crippen LogP contribution in [0.25, 0.3) is 0 Å². The van der Waals surface area contributed by atoms with E-state index >= 15 is 0 Å². The second-order valence-corrected chi connectivity index (χ2v) is 5.85. The molecule has 2 unspecified atom stereocenters. The van der Waals surface area contributed by atoms with Crippen molar-refractivity contribution in [1.29, 1.82) is 0 Å². The highest BCUT2D eigenvalue weighted by atomic mass is 35.5. The van der Waals surface area contributed by atoms with Crippen LogP contribution in [0.3, 0.4) is 0 Å². The van der Waals surface area contributed by atoms with Gasteiger partial charge in [-0.2, -0.15) is 0 Å². The molecule has 2 atom stereocenters. The average Bonchev–Trinajstić information content (AvgIpc) is 2.35. The smallest absolute Gasteiger partial charge is 0.251 e. The fourth-order valence-electron chi connectivity index (χ4n) is 2.65. The molecule has 0 aliphatic heterocycles. The minimum atomic E-state index is -0.205. The van der Waals surface area contributed by atoms with E-state index in [4.69, 9.17) is 11.6 Å². The summed E-state index contributed by atoms with van der Waals surface area (Å²) in [4.78, 5) is 12.0. The standard InChI is InChI=1S/C15H20ClNO2/c1-10-5-12(8-13(16)6-10)15(19)17-9-11-3-2-4-14(18)7-11/h5-6,8,11,14,18H,2-4,7,9H2,1H3,(H,17,19). The van der Waals surface area contributed by atoms with E-state index < -0.39 is 0 Å². The van der Waals surface area contributed by atoms with Crippen LogP contribution < -0.4 is 5.32 Å². The van der Waals surface area contributed by atoms with Gasteiger partial charge in [-0.1, -0.05) is 18.0 Å². The van der Waals surface area contributed by atoms with Crippen LogP contribution in [0.5, 0.6) is 0 Å². The first-order chi connectivity index (χ1) is 9.04. The summed E-state index contributed by atoms with van der Waals surface area (Å²) in [7, 11) is 0.